The van der Waals surface area contributed by atoms with Crippen LogP contribution in [0.3, 0.4) is 0 Å². The van der Waals surface area contributed by atoms with E-state index in [1.165, 1.54) is 0 Å². The predicted octanol–water partition coefficient (Wildman–Crippen LogP) is 2.17. The van der Waals surface area contributed by atoms with Crippen molar-refractivity contribution < 1.29 is 9.53 Å². The molecule has 1 amide bonds. The molecule has 0 radical (unpaired) electrons. The van der Waals surface area contributed by atoms with Gasteiger partial charge in [0.05, 0.1) is 16.6 Å². The third kappa shape index (κ3) is 3.27. The fourth-order valence-corrected chi connectivity index (χ4v) is 2.45. The van der Waals surface area contributed by atoms with Gasteiger partial charge in [0.25, 0.3) is 5.91 Å². The van der Waals surface area contributed by atoms with Crippen LogP contribution in [-0.2, 0) is 11.8 Å². The lowest BCUT2D eigenvalue weighted by atomic mass is 10.0. The Morgan fingerprint density at radius 3 is 2.82 bits per heavy atom. The van der Waals surface area contributed by atoms with Crippen LogP contribution in [0.1, 0.15) is 47.9 Å². The van der Waals surface area contributed by atoms with Crippen molar-refractivity contribution in [3.05, 3.63) is 23.0 Å². The molecule has 2 rings (SSSR count). The molecule has 1 N–H and O–H groups in total. The molecule has 0 aromatic carbocycles. The second-order valence-electron chi connectivity index (χ2n) is 5.76. The number of amides is 1. The Kier molecular flexibility index (Phi) is 5.13. The molecule has 0 unspecified atom stereocenters. The van der Waals surface area contributed by atoms with Crippen molar-refractivity contribution in [1.29, 1.82) is 0 Å². The molecule has 6 nitrogen and oxygen atoms in total. The van der Waals surface area contributed by atoms with E-state index in [2.05, 4.69) is 29.2 Å². The lowest BCUT2D eigenvalue weighted by molar-refractivity contribution is 0.0950. The quantitative estimate of drug-likeness (QED) is 0.830. The Labute approximate surface area is 130 Å². The van der Waals surface area contributed by atoms with E-state index in [1.54, 1.807) is 11.8 Å². The average molecular weight is 304 g/mol. The van der Waals surface area contributed by atoms with Crippen LogP contribution in [0, 0.1) is 6.92 Å². The minimum absolute atomic E-state index is 0.0819. The first-order chi connectivity index (χ1) is 10.5. The summed E-state index contributed by atoms with van der Waals surface area (Å²) < 4.78 is 6.73. The van der Waals surface area contributed by atoms with Crippen molar-refractivity contribution in [3.8, 4) is 0 Å². The normalized spacial score (nSPS) is 11.4. The summed E-state index contributed by atoms with van der Waals surface area (Å²) in [5, 5.41) is 8.17. The summed E-state index contributed by atoms with van der Waals surface area (Å²) in [4.78, 5) is 17.2. The smallest absolute Gasteiger partial charge is 0.252 e. The van der Waals surface area contributed by atoms with Gasteiger partial charge in [0, 0.05) is 33.0 Å². The first kappa shape index (κ1) is 16.4. The van der Waals surface area contributed by atoms with Gasteiger partial charge in [0.15, 0.2) is 5.65 Å². The molecular weight excluding hydrogens is 280 g/mol. The number of nitrogens with zero attached hydrogens (tertiary/aromatic N) is 3. The molecule has 0 saturated carbocycles. The second kappa shape index (κ2) is 6.87. The number of aryl methyl sites for hydroxylation is 2. The minimum atomic E-state index is -0.0819. The zero-order valence-corrected chi connectivity index (χ0v) is 13.9. The number of ether oxygens (including phenoxy) is 1. The maximum absolute atomic E-state index is 12.5. The lowest BCUT2D eigenvalue weighted by Crippen LogP contribution is -2.25. The monoisotopic (exact) mass is 304 g/mol. The van der Waals surface area contributed by atoms with Crippen molar-refractivity contribution >= 4 is 16.9 Å². The standard InChI is InChI=1S/C16H24N4O2/c1-10(2)13-9-12(16(21)17-7-6-8-22-5)14-11(3)19-20(4)15(14)18-13/h9-10H,6-8H2,1-5H3,(H,17,21). The van der Waals surface area contributed by atoms with Crippen LogP contribution in [0.5, 0.6) is 0 Å². The summed E-state index contributed by atoms with van der Waals surface area (Å²) in [7, 11) is 3.51. The van der Waals surface area contributed by atoms with Gasteiger partial charge in [-0.3, -0.25) is 9.48 Å². The van der Waals surface area contributed by atoms with E-state index in [9.17, 15) is 4.79 Å². The van der Waals surface area contributed by atoms with Gasteiger partial charge in [-0.1, -0.05) is 13.8 Å². The number of carbonyl (C=O) groups excluding carboxylic acids is 1. The molecule has 0 atom stereocenters. The molecule has 6 heteroatoms. The number of hydrogen-bond donors (Lipinski definition) is 1. The van der Waals surface area contributed by atoms with Gasteiger partial charge < -0.3 is 10.1 Å². The summed E-state index contributed by atoms with van der Waals surface area (Å²) in [6.45, 7) is 7.26. The van der Waals surface area contributed by atoms with Gasteiger partial charge in [-0.25, -0.2) is 4.98 Å². The Balaban J connectivity index is 2.40. The molecule has 0 aliphatic rings. The fourth-order valence-electron chi connectivity index (χ4n) is 2.45. The van der Waals surface area contributed by atoms with Crippen LogP contribution in [0.25, 0.3) is 11.0 Å². The minimum Gasteiger partial charge on any atom is -0.385 e. The molecule has 0 fully saturated rings. The summed E-state index contributed by atoms with van der Waals surface area (Å²) >= 11 is 0. The van der Waals surface area contributed by atoms with Gasteiger partial charge in [-0.15, -0.1) is 0 Å². The molecule has 120 valence electrons. The summed E-state index contributed by atoms with van der Waals surface area (Å²) in [5.74, 6) is 0.168. The predicted molar refractivity (Wildman–Crippen MR) is 86.2 cm³/mol. The molecule has 0 aliphatic carbocycles. The fraction of sp³-hybridized carbons (Fsp3) is 0.562. The maximum Gasteiger partial charge on any atom is 0.252 e. The highest BCUT2D eigenvalue weighted by atomic mass is 16.5. The number of rotatable bonds is 6. The molecule has 0 bridgehead atoms. The average Bonchev–Trinajstić information content (AvgIpc) is 2.77. The largest absolute Gasteiger partial charge is 0.385 e. The number of methoxy groups -OCH3 is 1. The van der Waals surface area contributed by atoms with Gasteiger partial charge in [-0.05, 0) is 25.3 Å². The highest BCUT2D eigenvalue weighted by Crippen LogP contribution is 2.24. The van der Waals surface area contributed by atoms with Crippen molar-refractivity contribution in [1.82, 2.24) is 20.1 Å². The van der Waals surface area contributed by atoms with Crippen LogP contribution in [0.4, 0.5) is 0 Å². The number of nitrogens with one attached hydrogen (secondary N) is 1. The SMILES string of the molecule is COCCCNC(=O)c1cc(C(C)C)nc2c1c(C)nn2C. The zero-order chi connectivity index (χ0) is 16.3. The Morgan fingerprint density at radius 1 is 1.45 bits per heavy atom. The van der Waals surface area contributed by atoms with Gasteiger partial charge in [0.1, 0.15) is 0 Å². The first-order valence-electron chi connectivity index (χ1n) is 7.57. The first-order valence-corrected chi connectivity index (χ1v) is 7.57. The summed E-state index contributed by atoms with van der Waals surface area (Å²) in [6, 6.07) is 1.88. The molecule has 2 heterocycles. The molecule has 2 aromatic heterocycles. The van der Waals surface area contributed by atoms with Crippen LogP contribution in [0.15, 0.2) is 6.07 Å². The Morgan fingerprint density at radius 2 is 2.18 bits per heavy atom. The maximum atomic E-state index is 12.5. The second-order valence-corrected chi connectivity index (χ2v) is 5.76. The summed E-state index contributed by atoms with van der Waals surface area (Å²) in [6.07, 6.45) is 0.791. The van der Waals surface area contributed by atoms with Gasteiger partial charge >= 0.3 is 0 Å². The topological polar surface area (TPSA) is 69.0 Å². The number of pyridine rings is 1. The molecule has 0 aliphatic heterocycles. The van der Waals surface area contributed by atoms with Crippen LogP contribution >= 0.6 is 0 Å². The third-order valence-corrected chi connectivity index (χ3v) is 3.64. The van der Waals surface area contributed by atoms with Gasteiger partial charge in [-0.2, -0.15) is 5.10 Å². The highest BCUT2D eigenvalue weighted by molar-refractivity contribution is 6.06. The van der Waals surface area contributed by atoms with E-state index in [1.807, 2.05) is 20.0 Å². The van der Waals surface area contributed by atoms with E-state index >= 15 is 0 Å². The zero-order valence-electron chi connectivity index (χ0n) is 13.9. The molecule has 0 saturated heterocycles. The van der Waals surface area contributed by atoms with Gasteiger partial charge in [0.2, 0.25) is 0 Å². The molecule has 0 spiro atoms. The Bertz CT molecular complexity index is 676. The van der Waals surface area contributed by atoms with Crippen molar-refractivity contribution in [2.45, 2.75) is 33.1 Å². The molecule has 2 aromatic rings. The number of carbonyl (C=O) groups is 1. The van der Waals surface area contributed by atoms with Crippen LogP contribution in [-0.4, -0.2) is 40.9 Å². The lowest BCUT2D eigenvalue weighted by Gasteiger charge is -2.10. The third-order valence-electron chi connectivity index (χ3n) is 3.64. The number of aromatic nitrogens is 3. The van der Waals surface area contributed by atoms with E-state index in [0.29, 0.717) is 18.7 Å². The highest BCUT2D eigenvalue weighted by Gasteiger charge is 2.19. The molecule has 22 heavy (non-hydrogen) atoms. The molecular formula is C16H24N4O2. The van der Waals surface area contributed by atoms with Crippen LogP contribution in [0.2, 0.25) is 0 Å². The van der Waals surface area contributed by atoms with E-state index < -0.39 is 0 Å². The van der Waals surface area contributed by atoms with Crippen molar-refractivity contribution in [3.63, 3.8) is 0 Å². The summed E-state index contributed by atoms with van der Waals surface area (Å²) in [5.41, 5.74) is 3.13. The van der Waals surface area contributed by atoms with Crippen molar-refractivity contribution in [2.24, 2.45) is 7.05 Å². The number of fused-ring (bicyclic) bond motifs is 1. The Hall–Kier alpha value is -1.95. The van der Waals surface area contributed by atoms with E-state index in [4.69, 9.17) is 4.74 Å². The van der Waals surface area contributed by atoms with E-state index in [0.717, 1.165) is 28.8 Å². The van der Waals surface area contributed by atoms with Crippen LogP contribution < -0.4 is 5.32 Å². The van der Waals surface area contributed by atoms with Crippen molar-refractivity contribution in [2.75, 3.05) is 20.3 Å². The van der Waals surface area contributed by atoms with E-state index in [-0.39, 0.29) is 11.8 Å². The number of hydrogen-bond acceptors (Lipinski definition) is 4.